The van der Waals surface area contributed by atoms with Crippen LogP contribution in [-0.4, -0.2) is 33.8 Å². The van der Waals surface area contributed by atoms with Crippen LogP contribution in [0.5, 0.6) is 0 Å². The third-order valence-corrected chi connectivity index (χ3v) is 2.61. The van der Waals surface area contributed by atoms with Gasteiger partial charge in [-0.2, -0.15) is 5.10 Å². The predicted molar refractivity (Wildman–Crippen MR) is 68.3 cm³/mol. The first-order valence-corrected chi connectivity index (χ1v) is 5.44. The fourth-order valence-electron chi connectivity index (χ4n) is 1.65. The highest BCUT2D eigenvalue weighted by molar-refractivity contribution is 5.96. The number of aromatic nitrogens is 2. The number of hydrogen-bond donors (Lipinski definition) is 3. The second-order valence-corrected chi connectivity index (χ2v) is 3.77. The monoisotopic (exact) mass is 260 g/mol. The van der Waals surface area contributed by atoms with E-state index in [-0.39, 0.29) is 22.9 Å². The fourth-order valence-corrected chi connectivity index (χ4v) is 1.65. The molecule has 19 heavy (non-hydrogen) atoms. The number of nitrogen functional groups attached to an aromatic ring is 1. The molecule has 0 fully saturated rings. The molecule has 0 aliphatic carbocycles. The van der Waals surface area contributed by atoms with Gasteiger partial charge in [0.05, 0.1) is 16.9 Å². The van der Waals surface area contributed by atoms with Crippen molar-refractivity contribution >= 4 is 17.6 Å². The van der Waals surface area contributed by atoms with Gasteiger partial charge >= 0.3 is 5.97 Å². The Labute approximate surface area is 108 Å². The molecule has 0 atom stereocenters. The molecule has 7 nitrogen and oxygen atoms in total. The molecule has 0 radical (unpaired) electrons. The number of carbonyl (C=O) groups excluding carboxylic acids is 1. The van der Waals surface area contributed by atoms with Crippen molar-refractivity contribution in [3.63, 3.8) is 0 Å². The molecule has 0 saturated carbocycles. The summed E-state index contributed by atoms with van der Waals surface area (Å²) in [5, 5.41) is 15.5. The predicted octanol–water partition coefficient (Wildman–Crippen LogP) is 0.512. The molecule has 1 amide bonds. The maximum atomic E-state index is 11.4. The van der Waals surface area contributed by atoms with Crippen LogP contribution in [0.1, 0.15) is 20.8 Å². The summed E-state index contributed by atoms with van der Waals surface area (Å²) in [4.78, 5) is 22.4. The highest BCUT2D eigenvalue weighted by atomic mass is 16.4. The number of nitrogens with one attached hydrogen (secondary N) is 1. The summed E-state index contributed by atoms with van der Waals surface area (Å²) in [6.07, 6.45) is 1.54. The van der Waals surface area contributed by atoms with Crippen LogP contribution < -0.4 is 11.1 Å². The van der Waals surface area contributed by atoms with Crippen molar-refractivity contribution in [1.29, 1.82) is 0 Å². The van der Waals surface area contributed by atoms with Gasteiger partial charge in [0.2, 0.25) is 0 Å². The molecule has 2 aromatic rings. The Hall–Kier alpha value is -2.83. The summed E-state index contributed by atoms with van der Waals surface area (Å²) in [6, 6.07) is 6.12. The van der Waals surface area contributed by atoms with Gasteiger partial charge in [-0.3, -0.25) is 4.79 Å². The van der Waals surface area contributed by atoms with Gasteiger partial charge < -0.3 is 16.2 Å². The van der Waals surface area contributed by atoms with Crippen LogP contribution in [0.25, 0.3) is 5.69 Å². The van der Waals surface area contributed by atoms with Crippen LogP contribution in [0.15, 0.2) is 30.5 Å². The minimum atomic E-state index is -1.11. The largest absolute Gasteiger partial charge is 0.478 e. The first kappa shape index (κ1) is 12.6. The molecule has 0 unspecified atom stereocenters. The Morgan fingerprint density at radius 2 is 2.11 bits per heavy atom. The van der Waals surface area contributed by atoms with Crippen LogP contribution in [0.3, 0.4) is 0 Å². The summed E-state index contributed by atoms with van der Waals surface area (Å²) in [6.45, 7) is 0. The first-order chi connectivity index (χ1) is 9.04. The highest BCUT2D eigenvalue weighted by Gasteiger charge is 2.14. The number of benzene rings is 1. The minimum absolute atomic E-state index is 0.00510. The number of amides is 1. The van der Waals surface area contributed by atoms with Gasteiger partial charge in [-0.1, -0.05) is 6.07 Å². The number of carboxylic acids is 1. The number of rotatable bonds is 3. The number of nitrogens with zero attached hydrogens (tertiary/aromatic N) is 2. The summed E-state index contributed by atoms with van der Waals surface area (Å²) in [5.74, 6) is -1.44. The Morgan fingerprint density at radius 1 is 1.37 bits per heavy atom. The third-order valence-electron chi connectivity index (χ3n) is 2.61. The molecule has 1 aromatic heterocycles. The number of anilines is 1. The lowest BCUT2D eigenvalue weighted by molar-refractivity contribution is 0.0697. The van der Waals surface area contributed by atoms with E-state index in [0.717, 1.165) is 0 Å². The number of para-hydroxylation sites is 1. The smallest absolute Gasteiger partial charge is 0.337 e. The van der Waals surface area contributed by atoms with E-state index in [1.54, 1.807) is 18.3 Å². The Morgan fingerprint density at radius 3 is 2.74 bits per heavy atom. The lowest BCUT2D eigenvalue weighted by Crippen LogP contribution is -2.18. The van der Waals surface area contributed by atoms with Gasteiger partial charge in [-0.05, 0) is 18.2 Å². The van der Waals surface area contributed by atoms with E-state index in [0.29, 0.717) is 5.69 Å². The van der Waals surface area contributed by atoms with E-state index in [9.17, 15) is 9.59 Å². The van der Waals surface area contributed by atoms with E-state index in [1.165, 1.54) is 23.9 Å². The Kier molecular flexibility index (Phi) is 3.19. The van der Waals surface area contributed by atoms with Gasteiger partial charge in [0.15, 0.2) is 5.69 Å². The van der Waals surface area contributed by atoms with Crippen molar-refractivity contribution in [3.8, 4) is 5.69 Å². The molecular formula is C12H12N4O3. The van der Waals surface area contributed by atoms with Crippen LogP contribution in [0, 0.1) is 0 Å². The number of carbonyl (C=O) groups is 2. The third kappa shape index (κ3) is 2.25. The number of carboxylic acid groups (broad SMARTS) is 1. The van der Waals surface area contributed by atoms with E-state index >= 15 is 0 Å². The zero-order valence-corrected chi connectivity index (χ0v) is 10.1. The second kappa shape index (κ2) is 4.81. The Bertz CT molecular complexity index is 648. The molecule has 0 aliphatic rings. The van der Waals surface area contributed by atoms with Crippen LogP contribution >= 0.6 is 0 Å². The molecule has 98 valence electrons. The number of hydrogen-bond acceptors (Lipinski definition) is 4. The van der Waals surface area contributed by atoms with Gasteiger partial charge in [0.1, 0.15) is 0 Å². The van der Waals surface area contributed by atoms with Crippen molar-refractivity contribution in [2.75, 3.05) is 12.8 Å². The lowest BCUT2D eigenvalue weighted by atomic mass is 10.1. The zero-order chi connectivity index (χ0) is 14.0. The van der Waals surface area contributed by atoms with Crippen LogP contribution in [0.4, 0.5) is 5.69 Å². The average Bonchev–Trinajstić information content (AvgIpc) is 2.87. The molecule has 0 spiro atoms. The Balaban J connectivity index is 2.48. The SMILES string of the molecule is CNC(=O)c1ccn(-c2cccc(C(=O)O)c2N)n1. The molecule has 0 bridgehead atoms. The van der Waals surface area contributed by atoms with Crippen molar-refractivity contribution in [3.05, 3.63) is 41.7 Å². The van der Waals surface area contributed by atoms with Crippen LogP contribution in [0.2, 0.25) is 0 Å². The van der Waals surface area contributed by atoms with E-state index in [4.69, 9.17) is 10.8 Å². The minimum Gasteiger partial charge on any atom is -0.478 e. The van der Waals surface area contributed by atoms with Gasteiger partial charge in [0, 0.05) is 13.2 Å². The van der Waals surface area contributed by atoms with Gasteiger partial charge in [0.25, 0.3) is 5.91 Å². The van der Waals surface area contributed by atoms with Crippen molar-refractivity contribution in [2.45, 2.75) is 0 Å². The quantitative estimate of drug-likeness (QED) is 0.696. The first-order valence-electron chi connectivity index (χ1n) is 5.44. The molecular weight excluding hydrogens is 248 g/mol. The molecule has 0 aliphatic heterocycles. The average molecular weight is 260 g/mol. The maximum Gasteiger partial charge on any atom is 0.337 e. The fraction of sp³-hybridized carbons (Fsp3) is 0.0833. The molecule has 0 saturated heterocycles. The van der Waals surface area contributed by atoms with Crippen molar-refractivity contribution in [1.82, 2.24) is 15.1 Å². The summed E-state index contributed by atoms with van der Waals surface area (Å²) >= 11 is 0. The number of aromatic carboxylic acids is 1. The van der Waals surface area contributed by atoms with Crippen LogP contribution in [-0.2, 0) is 0 Å². The standard InChI is InChI=1S/C12H12N4O3/c1-14-11(17)8-5-6-16(15-8)9-4-2-3-7(10(9)13)12(18)19/h2-6H,13H2,1H3,(H,14,17)(H,18,19). The molecule has 1 aromatic carbocycles. The summed E-state index contributed by atoms with van der Waals surface area (Å²) in [5.41, 5.74) is 6.52. The molecule has 1 heterocycles. The van der Waals surface area contributed by atoms with Crippen molar-refractivity contribution in [2.24, 2.45) is 0 Å². The zero-order valence-electron chi connectivity index (χ0n) is 10.1. The number of nitrogens with two attached hydrogens (primary N) is 1. The molecule has 4 N–H and O–H groups in total. The lowest BCUT2D eigenvalue weighted by Gasteiger charge is -2.08. The second-order valence-electron chi connectivity index (χ2n) is 3.77. The summed E-state index contributed by atoms with van der Waals surface area (Å²) in [7, 11) is 1.50. The topological polar surface area (TPSA) is 110 Å². The van der Waals surface area contributed by atoms with E-state index < -0.39 is 5.97 Å². The van der Waals surface area contributed by atoms with Crippen molar-refractivity contribution < 1.29 is 14.7 Å². The van der Waals surface area contributed by atoms with E-state index in [1.807, 2.05) is 0 Å². The molecule has 7 heteroatoms. The van der Waals surface area contributed by atoms with Gasteiger partial charge in [-0.15, -0.1) is 0 Å². The normalized spacial score (nSPS) is 10.2. The molecule has 2 rings (SSSR count). The van der Waals surface area contributed by atoms with Gasteiger partial charge in [-0.25, -0.2) is 9.48 Å². The summed E-state index contributed by atoms with van der Waals surface area (Å²) < 4.78 is 1.37. The maximum absolute atomic E-state index is 11.4. The van der Waals surface area contributed by atoms with E-state index in [2.05, 4.69) is 10.4 Å². The highest BCUT2D eigenvalue weighted by Crippen LogP contribution is 2.21.